The van der Waals surface area contributed by atoms with Gasteiger partial charge in [0, 0.05) is 24.0 Å². The molecule has 1 aliphatic heterocycles. The number of alkyl halides is 2. The number of hydrogen-bond donors (Lipinski definition) is 3. The maximum Gasteiger partial charge on any atom is 0.319 e. The minimum Gasteiger partial charge on any atom is -0.387 e. The number of hydrogen-bond acceptors (Lipinski definition) is 3. The van der Waals surface area contributed by atoms with Gasteiger partial charge in [0.1, 0.15) is 6.61 Å². The Hall–Kier alpha value is -1.90. The summed E-state index contributed by atoms with van der Waals surface area (Å²) in [6.07, 6.45) is 0.172. The topological polar surface area (TPSA) is 83.4 Å². The van der Waals surface area contributed by atoms with E-state index in [9.17, 15) is 18.4 Å². The maximum atomic E-state index is 13.9. The second kappa shape index (κ2) is 7.02. The van der Waals surface area contributed by atoms with E-state index in [1.807, 2.05) is 0 Å². The fraction of sp³-hybridized carbons (Fsp3) is 0.375. The minimum atomic E-state index is -2.92. The van der Waals surface area contributed by atoms with Gasteiger partial charge in [0.2, 0.25) is 11.8 Å². The summed E-state index contributed by atoms with van der Waals surface area (Å²) in [5.41, 5.74) is 0.686. The standard InChI is InChI=1S/C16H15Cl2F2N3O3/c1-6-11-9(2-3-21-15(6)26)23(16(19)20)14-12(11)8(22-10(25)5-24)4-7(17)13(14)18/h4,6,16,24H,2-3,5H2,1H3,(H,21,26)(H,22,25). The molecule has 0 saturated heterocycles. The van der Waals surface area contributed by atoms with Gasteiger partial charge in [-0.3, -0.25) is 14.2 Å². The van der Waals surface area contributed by atoms with E-state index >= 15 is 0 Å². The molecule has 0 aliphatic carbocycles. The van der Waals surface area contributed by atoms with Crippen LogP contribution in [-0.4, -0.2) is 34.6 Å². The predicted molar refractivity (Wildman–Crippen MR) is 94.1 cm³/mol. The summed E-state index contributed by atoms with van der Waals surface area (Å²) in [5, 5.41) is 14.2. The van der Waals surface area contributed by atoms with Crippen LogP contribution in [0.2, 0.25) is 10.0 Å². The van der Waals surface area contributed by atoms with E-state index < -0.39 is 25.0 Å². The van der Waals surface area contributed by atoms with E-state index in [2.05, 4.69) is 10.6 Å². The van der Waals surface area contributed by atoms with Crippen molar-refractivity contribution in [1.82, 2.24) is 9.88 Å². The Morgan fingerprint density at radius 2 is 2.19 bits per heavy atom. The summed E-state index contributed by atoms with van der Waals surface area (Å²) in [6.45, 7) is -1.92. The molecule has 0 bridgehead atoms. The number of amides is 2. The molecular weight excluding hydrogens is 391 g/mol. The number of halogens is 4. The number of aliphatic hydroxyl groups excluding tert-OH is 1. The lowest BCUT2D eigenvalue weighted by atomic mass is 9.96. The molecule has 6 nitrogen and oxygen atoms in total. The van der Waals surface area contributed by atoms with Gasteiger partial charge in [0.15, 0.2) is 0 Å². The Labute approximate surface area is 157 Å². The summed E-state index contributed by atoms with van der Waals surface area (Å²) in [7, 11) is 0. The van der Waals surface area contributed by atoms with Crippen molar-refractivity contribution >= 4 is 51.6 Å². The molecule has 0 saturated carbocycles. The van der Waals surface area contributed by atoms with Crippen molar-refractivity contribution in [2.24, 2.45) is 0 Å². The Bertz CT molecular complexity index is 914. The van der Waals surface area contributed by atoms with Gasteiger partial charge in [-0.25, -0.2) is 0 Å². The number of anilines is 1. The van der Waals surface area contributed by atoms with Gasteiger partial charge in [-0.15, -0.1) is 0 Å². The zero-order valence-corrected chi connectivity index (χ0v) is 15.1. The molecule has 140 valence electrons. The highest BCUT2D eigenvalue weighted by Gasteiger charge is 2.33. The first kappa shape index (κ1) is 18.9. The highest BCUT2D eigenvalue weighted by atomic mass is 35.5. The summed E-state index contributed by atoms with van der Waals surface area (Å²) in [6, 6.07) is 1.32. The van der Waals surface area contributed by atoms with Crippen LogP contribution in [0.1, 0.15) is 30.6 Å². The first-order valence-corrected chi connectivity index (χ1v) is 8.54. The van der Waals surface area contributed by atoms with Crippen LogP contribution in [0.5, 0.6) is 0 Å². The molecule has 26 heavy (non-hydrogen) atoms. The van der Waals surface area contributed by atoms with Crippen LogP contribution in [0.3, 0.4) is 0 Å². The van der Waals surface area contributed by atoms with Gasteiger partial charge in [-0.05, 0) is 18.6 Å². The van der Waals surface area contributed by atoms with Crippen LogP contribution in [-0.2, 0) is 16.0 Å². The number of fused-ring (bicyclic) bond motifs is 3. The van der Waals surface area contributed by atoms with Crippen LogP contribution in [0, 0.1) is 0 Å². The molecule has 3 N–H and O–H groups in total. The largest absolute Gasteiger partial charge is 0.387 e. The Kier molecular flexibility index (Phi) is 5.09. The fourth-order valence-electron chi connectivity index (χ4n) is 3.33. The molecule has 1 aromatic carbocycles. The van der Waals surface area contributed by atoms with Crippen molar-refractivity contribution in [3.63, 3.8) is 0 Å². The zero-order chi connectivity index (χ0) is 19.2. The number of carbonyl (C=O) groups excluding carboxylic acids is 2. The lowest BCUT2D eigenvalue weighted by Crippen LogP contribution is -2.27. The SMILES string of the molecule is CC1C(=O)NCCc2c1c1c(NC(=O)CO)cc(Cl)c(Cl)c1n2C(F)F. The van der Waals surface area contributed by atoms with Gasteiger partial charge in [-0.2, -0.15) is 8.78 Å². The van der Waals surface area contributed by atoms with Crippen molar-refractivity contribution in [3.05, 3.63) is 27.4 Å². The minimum absolute atomic E-state index is 0.0286. The van der Waals surface area contributed by atoms with Crippen molar-refractivity contribution < 1.29 is 23.5 Å². The first-order chi connectivity index (χ1) is 12.3. The van der Waals surface area contributed by atoms with E-state index in [0.29, 0.717) is 5.56 Å². The molecule has 0 spiro atoms. The fourth-order valence-corrected chi connectivity index (χ4v) is 3.77. The molecular formula is C16H15Cl2F2N3O3. The zero-order valence-electron chi connectivity index (χ0n) is 13.6. The molecule has 2 heterocycles. The number of nitrogens with zero attached hydrogens (tertiary/aromatic N) is 1. The van der Waals surface area contributed by atoms with E-state index in [1.165, 1.54) is 6.07 Å². The molecule has 0 fully saturated rings. The van der Waals surface area contributed by atoms with Crippen LogP contribution in [0.4, 0.5) is 14.5 Å². The average molecular weight is 406 g/mol. The highest BCUT2D eigenvalue weighted by molar-refractivity contribution is 6.46. The van der Waals surface area contributed by atoms with Gasteiger partial charge in [0.05, 0.1) is 27.2 Å². The molecule has 1 aromatic heterocycles. The normalized spacial score (nSPS) is 17.2. The number of rotatable bonds is 3. The summed E-state index contributed by atoms with van der Waals surface area (Å²) in [5.74, 6) is -1.80. The van der Waals surface area contributed by atoms with Crippen molar-refractivity contribution in [2.75, 3.05) is 18.5 Å². The molecule has 1 unspecified atom stereocenters. The lowest BCUT2D eigenvalue weighted by Gasteiger charge is -2.13. The van der Waals surface area contributed by atoms with E-state index in [1.54, 1.807) is 6.92 Å². The van der Waals surface area contributed by atoms with Crippen LogP contribution in [0.15, 0.2) is 6.07 Å². The Balaban J connectivity index is 2.46. The number of benzene rings is 1. The van der Waals surface area contributed by atoms with Crippen molar-refractivity contribution in [2.45, 2.75) is 25.8 Å². The number of nitrogens with one attached hydrogen (secondary N) is 2. The maximum absolute atomic E-state index is 13.9. The number of aromatic nitrogens is 1. The van der Waals surface area contributed by atoms with E-state index in [-0.39, 0.29) is 51.2 Å². The van der Waals surface area contributed by atoms with Crippen molar-refractivity contribution in [3.8, 4) is 0 Å². The van der Waals surface area contributed by atoms with Crippen molar-refractivity contribution in [1.29, 1.82) is 0 Å². The second-order valence-electron chi connectivity index (χ2n) is 5.92. The third-order valence-corrected chi connectivity index (χ3v) is 5.18. The summed E-state index contributed by atoms with van der Waals surface area (Å²) in [4.78, 5) is 23.9. The summed E-state index contributed by atoms with van der Waals surface area (Å²) >= 11 is 12.3. The third-order valence-electron chi connectivity index (χ3n) is 4.41. The number of aliphatic hydroxyl groups is 1. The molecule has 2 amide bonds. The van der Waals surface area contributed by atoms with Crippen LogP contribution >= 0.6 is 23.2 Å². The van der Waals surface area contributed by atoms with Gasteiger partial charge in [0.25, 0.3) is 0 Å². The van der Waals surface area contributed by atoms with Crippen LogP contribution in [0.25, 0.3) is 10.9 Å². The molecule has 2 aromatic rings. The van der Waals surface area contributed by atoms with Crippen LogP contribution < -0.4 is 10.6 Å². The second-order valence-corrected chi connectivity index (χ2v) is 6.71. The lowest BCUT2D eigenvalue weighted by molar-refractivity contribution is -0.122. The van der Waals surface area contributed by atoms with E-state index in [4.69, 9.17) is 28.3 Å². The van der Waals surface area contributed by atoms with Gasteiger partial charge in [-0.1, -0.05) is 23.2 Å². The molecule has 3 rings (SSSR count). The molecule has 10 heteroatoms. The smallest absolute Gasteiger partial charge is 0.319 e. The Morgan fingerprint density at radius 3 is 2.81 bits per heavy atom. The third kappa shape index (κ3) is 2.91. The monoisotopic (exact) mass is 405 g/mol. The van der Waals surface area contributed by atoms with E-state index in [0.717, 1.165) is 4.57 Å². The number of carbonyl (C=O) groups is 2. The summed E-state index contributed by atoms with van der Waals surface area (Å²) < 4.78 is 28.5. The highest BCUT2D eigenvalue weighted by Crippen LogP contribution is 2.45. The predicted octanol–water partition coefficient (Wildman–Crippen LogP) is 3.05. The molecule has 1 aliphatic rings. The quantitative estimate of drug-likeness (QED) is 0.733. The molecule has 1 atom stereocenters. The van der Waals surface area contributed by atoms with Gasteiger partial charge < -0.3 is 15.7 Å². The first-order valence-electron chi connectivity index (χ1n) is 7.79. The molecule has 0 radical (unpaired) electrons. The Morgan fingerprint density at radius 1 is 1.50 bits per heavy atom. The average Bonchev–Trinajstić information content (AvgIpc) is 2.86. The van der Waals surface area contributed by atoms with Gasteiger partial charge >= 0.3 is 6.55 Å².